The summed E-state index contributed by atoms with van der Waals surface area (Å²) in [5, 5.41) is 18.8. The van der Waals surface area contributed by atoms with Gasteiger partial charge in [0.15, 0.2) is 0 Å². The minimum atomic E-state index is -5.27. The Hall–Kier alpha value is -2.31. The molecule has 0 aliphatic rings. The Morgan fingerprint density at radius 1 is 1.47 bits per heavy atom. The van der Waals surface area contributed by atoms with Gasteiger partial charge < -0.3 is 0 Å². The molecular formula is C9H4F5N3O2. The highest BCUT2D eigenvalue weighted by Gasteiger charge is 2.43. The number of nitro groups is 1. The lowest BCUT2D eigenvalue weighted by Gasteiger charge is -2.14. The number of halogens is 5. The number of rotatable bonds is 3. The lowest BCUT2D eigenvalue weighted by atomic mass is 10.0. The van der Waals surface area contributed by atoms with E-state index < -0.39 is 46.5 Å². The first kappa shape index (κ1) is 14.7. The zero-order chi connectivity index (χ0) is 14.8. The number of alkyl halides is 5. The van der Waals surface area contributed by atoms with E-state index in [1.165, 1.54) is 6.07 Å². The van der Waals surface area contributed by atoms with Crippen LogP contribution < -0.4 is 0 Å². The van der Waals surface area contributed by atoms with Crippen LogP contribution in [0.3, 0.4) is 0 Å². The SMILES string of the molecule is N#CCc1ncc([N+](=O)[O-])c(C(F)F)c1C(F)(F)F. The van der Waals surface area contributed by atoms with E-state index in [1.54, 1.807) is 0 Å². The van der Waals surface area contributed by atoms with Gasteiger partial charge in [-0.2, -0.15) is 18.4 Å². The predicted octanol–water partition coefficient (Wildman–Crippen LogP) is 3.01. The number of nitriles is 1. The van der Waals surface area contributed by atoms with Crippen molar-refractivity contribution in [3.8, 4) is 6.07 Å². The van der Waals surface area contributed by atoms with Crippen molar-refractivity contribution in [3.63, 3.8) is 0 Å². The minimum Gasteiger partial charge on any atom is -0.258 e. The van der Waals surface area contributed by atoms with E-state index in [0.29, 0.717) is 6.20 Å². The zero-order valence-electron chi connectivity index (χ0n) is 8.91. The van der Waals surface area contributed by atoms with E-state index in [-0.39, 0.29) is 0 Å². The third kappa shape index (κ3) is 2.93. The molecule has 1 heterocycles. The van der Waals surface area contributed by atoms with Crippen LogP contribution in [0.5, 0.6) is 0 Å². The first-order valence-corrected chi connectivity index (χ1v) is 4.58. The Kier molecular flexibility index (Phi) is 3.98. The molecule has 10 heteroatoms. The van der Waals surface area contributed by atoms with E-state index >= 15 is 0 Å². The third-order valence-electron chi connectivity index (χ3n) is 2.12. The van der Waals surface area contributed by atoms with E-state index in [0.717, 1.165) is 0 Å². The van der Waals surface area contributed by atoms with E-state index in [4.69, 9.17) is 5.26 Å². The van der Waals surface area contributed by atoms with Gasteiger partial charge in [-0.1, -0.05) is 0 Å². The smallest absolute Gasteiger partial charge is 0.258 e. The molecule has 0 spiro atoms. The van der Waals surface area contributed by atoms with Crippen molar-refractivity contribution >= 4 is 5.69 Å². The fourth-order valence-electron chi connectivity index (χ4n) is 1.45. The van der Waals surface area contributed by atoms with Crippen molar-refractivity contribution in [2.24, 2.45) is 0 Å². The van der Waals surface area contributed by atoms with Gasteiger partial charge in [-0.25, -0.2) is 8.78 Å². The first-order chi connectivity index (χ1) is 8.70. The predicted molar refractivity (Wildman–Crippen MR) is 50.2 cm³/mol. The van der Waals surface area contributed by atoms with Crippen molar-refractivity contribution < 1.29 is 26.9 Å². The van der Waals surface area contributed by atoms with Crippen LogP contribution in [0.2, 0.25) is 0 Å². The maximum absolute atomic E-state index is 12.7. The monoisotopic (exact) mass is 281 g/mol. The highest BCUT2D eigenvalue weighted by Crippen LogP contribution is 2.42. The molecule has 5 nitrogen and oxygen atoms in total. The summed E-state index contributed by atoms with van der Waals surface area (Å²) in [7, 11) is 0. The van der Waals surface area contributed by atoms with Gasteiger partial charge in [0.1, 0.15) is 11.8 Å². The summed E-state index contributed by atoms with van der Waals surface area (Å²) < 4.78 is 63.6. The molecular weight excluding hydrogens is 277 g/mol. The lowest BCUT2D eigenvalue weighted by molar-refractivity contribution is -0.386. The molecule has 0 saturated carbocycles. The summed E-state index contributed by atoms with van der Waals surface area (Å²) in [6.45, 7) is 0. The van der Waals surface area contributed by atoms with Crippen molar-refractivity contribution in [2.45, 2.75) is 19.0 Å². The Morgan fingerprint density at radius 2 is 2.05 bits per heavy atom. The second kappa shape index (κ2) is 5.13. The van der Waals surface area contributed by atoms with Crippen LogP contribution in [-0.2, 0) is 12.6 Å². The number of hydrogen-bond donors (Lipinski definition) is 0. The fraction of sp³-hybridized carbons (Fsp3) is 0.333. The molecule has 0 radical (unpaired) electrons. The molecule has 0 saturated heterocycles. The number of pyridine rings is 1. The number of nitrogens with zero attached hydrogens (tertiary/aromatic N) is 3. The Morgan fingerprint density at radius 3 is 2.42 bits per heavy atom. The molecule has 0 aromatic carbocycles. The molecule has 1 aromatic heterocycles. The molecule has 0 aliphatic carbocycles. The average Bonchev–Trinajstić information content (AvgIpc) is 2.26. The second-order valence-electron chi connectivity index (χ2n) is 3.27. The van der Waals surface area contributed by atoms with Gasteiger partial charge in [-0.3, -0.25) is 15.1 Å². The van der Waals surface area contributed by atoms with Crippen LogP contribution in [0.25, 0.3) is 0 Å². The maximum Gasteiger partial charge on any atom is 0.418 e. The molecule has 0 atom stereocenters. The molecule has 19 heavy (non-hydrogen) atoms. The molecule has 0 bridgehead atoms. The van der Waals surface area contributed by atoms with Crippen molar-refractivity contribution in [1.29, 1.82) is 5.26 Å². The van der Waals surface area contributed by atoms with Crippen LogP contribution in [0, 0.1) is 21.4 Å². The summed E-state index contributed by atoms with van der Waals surface area (Å²) in [6.07, 6.45) is -9.56. The van der Waals surface area contributed by atoms with E-state index in [2.05, 4.69) is 4.98 Å². The molecule has 102 valence electrons. The van der Waals surface area contributed by atoms with Gasteiger partial charge in [-0.05, 0) is 0 Å². The van der Waals surface area contributed by atoms with Gasteiger partial charge in [0.2, 0.25) is 0 Å². The fourth-order valence-corrected chi connectivity index (χ4v) is 1.45. The highest BCUT2D eigenvalue weighted by atomic mass is 19.4. The highest BCUT2D eigenvalue weighted by molar-refractivity contribution is 5.48. The van der Waals surface area contributed by atoms with E-state index in [9.17, 15) is 32.1 Å². The number of aromatic nitrogens is 1. The molecule has 1 rings (SSSR count). The van der Waals surface area contributed by atoms with Crippen LogP contribution in [0.1, 0.15) is 23.2 Å². The summed E-state index contributed by atoms with van der Waals surface area (Å²) >= 11 is 0. The normalized spacial score (nSPS) is 11.4. The zero-order valence-corrected chi connectivity index (χ0v) is 8.91. The number of hydrogen-bond acceptors (Lipinski definition) is 4. The molecule has 0 amide bonds. The van der Waals surface area contributed by atoms with Crippen molar-refractivity contribution in [1.82, 2.24) is 4.98 Å². The van der Waals surface area contributed by atoms with Gasteiger partial charge in [0, 0.05) is 0 Å². The Labute approximate surface area is 102 Å². The van der Waals surface area contributed by atoms with Gasteiger partial charge in [0.25, 0.3) is 12.1 Å². The quantitative estimate of drug-likeness (QED) is 0.484. The van der Waals surface area contributed by atoms with Gasteiger partial charge >= 0.3 is 6.18 Å². The second-order valence-corrected chi connectivity index (χ2v) is 3.27. The topological polar surface area (TPSA) is 79.8 Å². The van der Waals surface area contributed by atoms with Gasteiger partial charge in [-0.15, -0.1) is 0 Å². The molecule has 0 unspecified atom stereocenters. The summed E-state index contributed by atoms with van der Waals surface area (Å²) in [5.74, 6) is 0. The lowest BCUT2D eigenvalue weighted by Crippen LogP contribution is -2.16. The van der Waals surface area contributed by atoms with Crippen molar-refractivity contribution in [2.75, 3.05) is 0 Å². The van der Waals surface area contributed by atoms with Crippen LogP contribution in [0.15, 0.2) is 6.20 Å². The van der Waals surface area contributed by atoms with Crippen molar-refractivity contribution in [3.05, 3.63) is 33.1 Å². The molecule has 0 aliphatic heterocycles. The molecule has 0 fully saturated rings. The third-order valence-corrected chi connectivity index (χ3v) is 2.12. The van der Waals surface area contributed by atoms with Crippen LogP contribution in [-0.4, -0.2) is 9.91 Å². The molecule has 1 aromatic rings. The standard InChI is InChI=1S/C9H4F5N3O2/c10-8(11)6-5(17(18)19)3-16-4(1-2-15)7(6)9(12,13)14/h3,8H,1H2. The van der Waals surface area contributed by atoms with E-state index in [1.807, 2.05) is 0 Å². The van der Waals surface area contributed by atoms with Crippen LogP contribution in [0.4, 0.5) is 27.6 Å². The Balaban J connectivity index is 3.73. The maximum atomic E-state index is 12.7. The summed E-state index contributed by atoms with van der Waals surface area (Å²) in [4.78, 5) is 12.2. The molecule has 0 N–H and O–H groups in total. The summed E-state index contributed by atoms with van der Waals surface area (Å²) in [5.41, 5.74) is -6.07. The largest absolute Gasteiger partial charge is 0.418 e. The first-order valence-electron chi connectivity index (χ1n) is 4.58. The minimum absolute atomic E-state index is 0.295. The summed E-state index contributed by atoms with van der Waals surface area (Å²) in [6, 6.07) is 1.33. The average molecular weight is 281 g/mol. The Bertz CT molecular complexity index is 550. The van der Waals surface area contributed by atoms with Crippen LogP contribution >= 0.6 is 0 Å². The van der Waals surface area contributed by atoms with Gasteiger partial charge in [0.05, 0.1) is 28.7 Å².